The van der Waals surface area contributed by atoms with E-state index in [-0.39, 0.29) is 19.2 Å². The summed E-state index contributed by atoms with van der Waals surface area (Å²) >= 11 is 0. The van der Waals surface area contributed by atoms with E-state index in [2.05, 4.69) is 5.32 Å². The van der Waals surface area contributed by atoms with Crippen LogP contribution in [-0.2, 0) is 21.3 Å². The Kier molecular flexibility index (Phi) is 4.92. The molecule has 1 heterocycles. The topological polar surface area (TPSA) is 58.6 Å². The molecule has 0 spiro atoms. The summed E-state index contributed by atoms with van der Waals surface area (Å²) in [4.78, 5) is -0.637. The lowest BCUT2D eigenvalue weighted by Crippen LogP contribution is -2.37. The van der Waals surface area contributed by atoms with Crippen LogP contribution in [0.1, 0.15) is 12.0 Å². The molecule has 1 fully saturated rings. The van der Waals surface area contributed by atoms with Gasteiger partial charge in [-0.25, -0.2) is 17.2 Å². The summed E-state index contributed by atoms with van der Waals surface area (Å²) in [5.41, 5.74) is 0.367. The maximum Gasteiger partial charge on any atom is 0.246 e. The third kappa shape index (κ3) is 3.23. The summed E-state index contributed by atoms with van der Waals surface area (Å²) in [6.45, 7) is 0.965. The van der Waals surface area contributed by atoms with Crippen molar-refractivity contribution in [3.8, 4) is 0 Å². The highest BCUT2D eigenvalue weighted by atomic mass is 32.2. The highest BCUT2D eigenvalue weighted by molar-refractivity contribution is 7.89. The Labute approximate surface area is 122 Å². The Morgan fingerprint density at radius 2 is 2.14 bits per heavy atom. The van der Waals surface area contributed by atoms with Crippen molar-refractivity contribution in [1.29, 1.82) is 0 Å². The molecule has 118 valence electrons. The number of rotatable bonds is 5. The average molecular weight is 320 g/mol. The number of ether oxygens (including phenoxy) is 1. The van der Waals surface area contributed by atoms with E-state index in [1.165, 1.54) is 7.05 Å². The zero-order valence-corrected chi connectivity index (χ0v) is 12.7. The van der Waals surface area contributed by atoms with Gasteiger partial charge >= 0.3 is 0 Å². The summed E-state index contributed by atoms with van der Waals surface area (Å²) in [5, 5.41) is 2.78. The van der Waals surface area contributed by atoms with Crippen LogP contribution < -0.4 is 5.32 Å². The van der Waals surface area contributed by atoms with Crippen molar-refractivity contribution in [2.24, 2.45) is 0 Å². The maximum absolute atomic E-state index is 13.9. The Bertz CT molecular complexity index is 616. The van der Waals surface area contributed by atoms with E-state index in [0.29, 0.717) is 18.6 Å². The molecule has 2 rings (SSSR count). The highest BCUT2D eigenvalue weighted by Crippen LogP contribution is 2.25. The molecule has 21 heavy (non-hydrogen) atoms. The summed E-state index contributed by atoms with van der Waals surface area (Å²) in [7, 11) is -1.11. The van der Waals surface area contributed by atoms with E-state index >= 15 is 0 Å². The van der Waals surface area contributed by atoms with Crippen LogP contribution in [0.25, 0.3) is 0 Å². The van der Waals surface area contributed by atoms with Crippen molar-refractivity contribution in [1.82, 2.24) is 9.62 Å². The van der Waals surface area contributed by atoms with Gasteiger partial charge in [-0.05, 0) is 31.2 Å². The quantitative estimate of drug-likeness (QED) is 0.882. The molecule has 1 aromatic rings. The van der Waals surface area contributed by atoms with E-state index in [0.717, 1.165) is 16.4 Å². The van der Waals surface area contributed by atoms with E-state index in [1.807, 2.05) is 0 Å². The normalized spacial score (nSPS) is 19.4. The molecule has 0 aromatic heterocycles. The fraction of sp³-hybridized carbons (Fsp3) is 0.538. The molecular weight excluding hydrogens is 302 g/mol. The zero-order chi connectivity index (χ0) is 15.6. The van der Waals surface area contributed by atoms with Gasteiger partial charge in [0.15, 0.2) is 11.6 Å². The van der Waals surface area contributed by atoms with Crippen molar-refractivity contribution in [2.45, 2.75) is 23.9 Å². The molecule has 0 amide bonds. The van der Waals surface area contributed by atoms with Gasteiger partial charge in [0.1, 0.15) is 4.90 Å². The summed E-state index contributed by atoms with van der Waals surface area (Å²) in [5.74, 6) is -2.52. The Morgan fingerprint density at radius 3 is 2.71 bits per heavy atom. The lowest BCUT2D eigenvalue weighted by atomic mass is 10.2. The third-order valence-corrected chi connectivity index (χ3v) is 5.42. The van der Waals surface area contributed by atoms with Crippen LogP contribution >= 0.6 is 0 Å². The molecule has 5 nitrogen and oxygen atoms in total. The van der Waals surface area contributed by atoms with Gasteiger partial charge in [-0.3, -0.25) is 0 Å². The van der Waals surface area contributed by atoms with Crippen molar-refractivity contribution in [3.63, 3.8) is 0 Å². The molecule has 1 aliphatic heterocycles. The molecule has 1 unspecified atom stereocenters. The molecule has 0 bridgehead atoms. The Morgan fingerprint density at radius 1 is 1.43 bits per heavy atom. The van der Waals surface area contributed by atoms with Crippen molar-refractivity contribution in [2.75, 3.05) is 27.3 Å². The number of halogens is 2. The SMILES string of the molecule is CNCc1cc(F)c(F)c(S(=O)(=O)N(C)C2CCOC2)c1. The van der Waals surface area contributed by atoms with Gasteiger partial charge in [-0.2, -0.15) is 4.31 Å². The Balaban J connectivity index is 2.43. The molecule has 1 N–H and O–H groups in total. The van der Waals surface area contributed by atoms with Gasteiger partial charge in [0.05, 0.1) is 12.6 Å². The van der Waals surface area contributed by atoms with E-state index in [1.54, 1.807) is 7.05 Å². The molecule has 0 saturated carbocycles. The number of benzene rings is 1. The van der Waals surface area contributed by atoms with Crippen molar-refractivity contribution >= 4 is 10.0 Å². The van der Waals surface area contributed by atoms with Crippen molar-refractivity contribution in [3.05, 3.63) is 29.3 Å². The predicted molar refractivity (Wildman–Crippen MR) is 73.3 cm³/mol. The van der Waals surface area contributed by atoms with Gasteiger partial charge in [-0.15, -0.1) is 0 Å². The second kappa shape index (κ2) is 6.35. The Hall–Kier alpha value is -1.09. The summed E-state index contributed by atoms with van der Waals surface area (Å²) < 4.78 is 58.7. The molecule has 1 saturated heterocycles. The second-order valence-electron chi connectivity index (χ2n) is 4.96. The van der Waals surface area contributed by atoms with Gasteiger partial charge in [-0.1, -0.05) is 0 Å². The van der Waals surface area contributed by atoms with Crippen LogP contribution in [0.15, 0.2) is 17.0 Å². The highest BCUT2D eigenvalue weighted by Gasteiger charge is 2.33. The lowest BCUT2D eigenvalue weighted by molar-refractivity contribution is 0.180. The standard InChI is InChI=1S/C13H18F2N2O3S/c1-16-7-9-5-11(14)13(15)12(6-9)21(18,19)17(2)10-3-4-20-8-10/h5-6,10,16H,3-4,7-8H2,1-2H3. The fourth-order valence-corrected chi connectivity index (χ4v) is 3.76. The van der Waals surface area contributed by atoms with E-state index in [9.17, 15) is 17.2 Å². The van der Waals surface area contributed by atoms with E-state index < -0.39 is 26.6 Å². The van der Waals surface area contributed by atoms with Crippen LogP contribution in [0.5, 0.6) is 0 Å². The van der Waals surface area contributed by atoms with Crippen molar-refractivity contribution < 1.29 is 21.9 Å². The number of likely N-dealkylation sites (N-methyl/N-ethyl adjacent to an activating group) is 1. The minimum atomic E-state index is -4.11. The average Bonchev–Trinajstić information content (AvgIpc) is 2.95. The van der Waals surface area contributed by atoms with Crippen LogP contribution in [0.2, 0.25) is 0 Å². The minimum Gasteiger partial charge on any atom is -0.380 e. The number of hydrogen-bond acceptors (Lipinski definition) is 4. The minimum absolute atomic E-state index is 0.246. The van der Waals surface area contributed by atoms with Gasteiger partial charge < -0.3 is 10.1 Å². The molecule has 1 atom stereocenters. The zero-order valence-electron chi connectivity index (χ0n) is 11.9. The van der Waals surface area contributed by atoms with Crippen LogP contribution in [0.4, 0.5) is 8.78 Å². The first-order valence-electron chi connectivity index (χ1n) is 6.56. The van der Waals surface area contributed by atoms with Crippen LogP contribution in [0.3, 0.4) is 0 Å². The smallest absolute Gasteiger partial charge is 0.246 e. The molecule has 0 aliphatic carbocycles. The largest absolute Gasteiger partial charge is 0.380 e. The molecule has 8 heteroatoms. The second-order valence-corrected chi connectivity index (χ2v) is 6.92. The maximum atomic E-state index is 13.9. The molecular formula is C13H18F2N2O3S. The third-order valence-electron chi connectivity index (χ3n) is 3.51. The van der Waals surface area contributed by atoms with Gasteiger partial charge in [0.2, 0.25) is 10.0 Å². The number of nitrogens with one attached hydrogen (secondary N) is 1. The van der Waals surface area contributed by atoms with Crippen LogP contribution in [-0.4, -0.2) is 46.1 Å². The first-order chi connectivity index (χ1) is 9.87. The van der Waals surface area contributed by atoms with Crippen LogP contribution in [0, 0.1) is 11.6 Å². The first kappa shape index (κ1) is 16.3. The number of sulfonamides is 1. The lowest BCUT2D eigenvalue weighted by Gasteiger charge is -2.23. The molecule has 0 radical (unpaired) electrons. The summed E-state index contributed by atoms with van der Waals surface area (Å²) in [6.07, 6.45) is 0.538. The van der Waals surface area contributed by atoms with Gasteiger partial charge in [0, 0.05) is 20.2 Å². The predicted octanol–water partition coefficient (Wildman–Crippen LogP) is 1.09. The number of nitrogens with zero attached hydrogens (tertiary/aromatic N) is 1. The monoisotopic (exact) mass is 320 g/mol. The fourth-order valence-electron chi connectivity index (χ4n) is 2.27. The molecule has 1 aliphatic rings. The molecule has 1 aromatic carbocycles. The first-order valence-corrected chi connectivity index (χ1v) is 8.00. The van der Waals surface area contributed by atoms with E-state index in [4.69, 9.17) is 4.74 Å². The van der Waals surface area contributed by atoms with Gasteiger partial charge in [0.25, 0.3) is 0 Å². The summed E-state index contributed by atoms with van der Waals surface area (Å²) in [6, 6.07) is 1.80. The number of hydrogen-bond donors (Lipinski definition) is 1.